The maximum absolute atomic E-state index is 12.6. The molecular formula is C42H70N6O8. The minimum Gasteiger partial charge on any atom is -0.450 e. The summed E-state index contributed by atoms with van der Waals surface area (Å²) >= 11 is 0. The zero-order chi connectivity index (χ0) is 39.4. The van der Waals surface area contributed by atoms with Crippen LogP contribution in [0.25, 0.3) is 0 Å². The van der Waals surface area contributed by atoms with Crippen LogP contribution in [-0.2, 0) is 28.5 Å². The highest BCUT2D eigenvalue weighted by atomic mass is 16.6. The molecule has 316 valence electrons. The van der Waals surface area contributed by atoms with E-state index in [4.69, 9.17) is 18.9 Å². The van der Waals surface area contributed by atoms with Crippen molar-refractivity contribution in [3.05, 3.63) is 0 Å². The summed E-state index contributed by atoms with van der Waals surface area (Å²) in [7, 11) is 0. The van der Waals surface area contributed by atoms with Crippen molar-refractivity contribution in [3.63, 3.8) is 0 Å². The number of piperidine rings is 2. The fourth-order valence-electron chi connectivity index (χ4n) is 11.0. The molecule has 8 fully saturated rings. The maximum atomic E-state index is 12.6. The van der Waals surface area contributed by atoms with E-state index in [1.54, 1.807) is 0 Å². The van der Waals surface area contributed by atoms with Crippen LogP contribution in [0.5, 0.6) is 0 Å². The van der Waals surface area contributed by atoms with Gasteiger partial charge in [0, 0.05) is 76.5 Å². The van der Waals surface area contributed by atoms with Crippen LogP contribution in [0.4, 0.5) is 9.59 Å². The van der Waals surface area contributed by atoms with Gasteiger partial charge in [-0.15, -0.1) is 0 Å². The van der Waals surface area contributed by atoms with Crippen molar-refractivity contribution in [3.8, 4) is 0 Å². The van der Waals surface area contributed by atoms with Crippen molar-refractivity contribution in [1.82, 2.24) is 29.4 Å². The molecule has 6 saturated heterocycles. The predicted octanol–water partition coefficient (Wildman–Crippen LogP) is 4.48. The second-order valence-electron chi connectivity index (χ2n) is 18.5. The Hall–Kier alpha value is -2.68. The quantitative estimate of drug-likeness (QED) is 0.394. The van der Waals surface area contributed by atoms with Crippen LogP contribution in [0.1, 0.15) is 118 Å². The lowest BCUT2D eigenvalue weighted by molar-refractivity contribution is -0.167. The molecule has 8 rings (SSSR count). The van der Waals surface area contributed by atoms with Gasteiger partial charge in [0.2, 0.25) is 11.8 Å². The third-order valence-electron chi connectivity index (χ3n) is 13.8. The van der Waals surface area contributed by atoms with Gasteiger partial charge >= 0.3 is 12.2 Å². The molecule has 0 aromatic carbocycles. The molecule has 6 aliphatic heterocycles. The molecule has 14 heteroatoms. The fourth-order valence-corrected chi connectivity index (χ4v) is 11.0. The van der Waals surface area contributed by atoms with Gasteiger partial charge in [0.1, 0.15) is 18.8 Å². The van der Waals surface area contributed by atoms with E-state index in [9.17, 15) is 19.2 Å². The molecule has 0 N–H and O–H groups in total. The number of ether oxygens (including phenoxy) is 4. The molecule has 0 aromatic heterocycles. The highest BCUT2D eigenvalue weighted by Gasteiger charge is 2.45. The molecule has 0 unspecified atom stereocenters. The van der Waals surface area contributed by atoms with E-state index in [2.05, 4.69) is 19.6 Å². The van der Waals surface area contributed by atoms with Gasteiger partial charge in [-0.2, -0.15) is 0 Å². The second kappa shape index (κ2) is 18.5. The molecule has 6 atom stereocenters. The maximum Gasteiger partial charge on any atom is 0.410 e. The molecule has 0 aromatic rings. The summed E-state index contributed by atoms with van der Waals surface area (Å²) in [5.74, 6) is 0.370. The van der Waals surface area contributed by atoms with Crippen molar-refractivity contribution in [1.29, 1.82) is 0 Å². The van der Waals surface area contributed by atoms with E-state index in [-0.39, 0.29) is 55.5 Å². The smallest absolute Gasteiger partial charge is 0.410 e. The molecule has 2 aliphatic carbocycles. The molecule has 56 heavy (non-hydrogen) atoms. The summed E-state index contributed by atoms with van der Waals surface area (Å²) in [5.41, 5.74) is -0.449. The van der Waals surface area contributed by atoms with Crippen LogP contribution in [0.15, 0.2) is 0 Å². The number of likely N-dealkylation sites (tertiary alicyclic amines) is 4. The van der Waals surface area contributed by atoms with E-state index in [0.29, 0.717) is 36.8 Å². The first kappa shape index (κ1) is 41.5. The Morgan fingerprint density at radius 2 is 1.00 bits per heavy atom. The summed E-state index contributed by atoms with van der Waals surface area (Å²) in [6, 6.07) is 2.12. The number of rotatable bonds is 5. The van der Waals surface area contributed by atoms with Crippen molar-refractivity contribution >= 4 is 24.0 Å². The Labute approximate surface area is 334 Å². The Kier molecular flexibility index (Phi) is 13.7. The first-order valence-corrected chi connectivity index (χ1v) is 22.2. The SMILES string of the molecule is CC(C)(C)OC(=O)N1CC[C@H](N2CCC(N3C(=O)CO[C@H]4CCCC[C@@H]43)CC2)C1.CCOC(=O)N1CC[C@H](N2CCC(N3C(=O)CO[C@H]4CCCC[C@@H]43)CC2)C1. The normalized spacial score (nSPS) is 32.8. The second-order valence-corrected chi connectivity index (χ2v) is 18.5. The number of hydrogen-bond acceptors (Lipinski definition) is 10. The van der Waals surface area contributed by atoms with Gasteiger partial charge in [0.15, 0.2) is 0 Å². The first-order chi connectivity index (χ1) is 27.0. The topological polar surface area (TPSA) is 125 Å². The predicted molar refractivity (Wildman–Crippen MR) is 210 cm³/mol. The van der Waals surface area contributed by atoms with Crippen molar-refractivity contribution in [2.24, 2.45) is 0 Å². The number of morpholine rings is 2. The van der Waals surface area contributed by atoms with E-state index in [1.165, 1.54) is 25.7 Å². The van der Waals surface area contributed by atoms with Crippen LogP contribution < -0.4 is 0 Å². The molecule has 8 aliphatic rings. The Morgan fingerprint density at radius 1 is 0.589 bits per heavy atom. The monoisotopic (exact) mass is 787 g/mol. The number of nitrogens with zero attached hydrogens (tertiary/aromatic N) is 6. The van der Waals surface area contributed by atoms with Crippen LogP contribution in [0.3, 0.4) is 0 Å². The van der Waals surface area contributed by atoms with E-state index in [0.717, 1.165) is 117 Å². The van der Waals surface area contributed by atoms with Gasteiger partial charge in [-0.1, -0.05) is 25.7 Å². The minimum atomic E-state index is -0.449. The van der Waals surface area contributed by atoms with E-state index < -0.39 is 5.60 Å². The highest BCUT2D eigenvalue weighted by molar-refractivity contribution is 5.79. The van der Waals surface area contributed by atoms with Gasteiger partial charge in [0.25, 0.3) is 0 Å². The largest absolute Gasteiger partial charge is 0.450 e. The van der Waals surface area contributed by atoms with E-state index in [1.807, 2.05) is 37.5 Å². The molecule has 14 nitrogen and oxygen atoms in total. The number of hydrogen-bond donors (Lipinski definition) is 0. The fraction of sp³-hybridized carbons (Fsp3) is 0.905. The Bertz CT molecular complexity index is 1360. The summed E-state index contributed by atoms with van der Waals surface area (Å²) < 4.78 is 22.3. The van der Waals surface area contributed by atoms with Gasteiger partial charge in [0.05, 0.1) is 30.9 Å². The van der Waals surface area contributed by atoms with Crippen LogP contribution in [0, 0.1) is 0 Å². The lowest BCUT2D eigenvalue weighted by Gasteiger charge is -2.49. The highest BCUT2D eigenvalue weighted by Crippen LogP contribution is 2.35. The van der Waals surface area contributed by atoms with Gasteiger partial charge in [-0.3, -0.25) is 19.4 Å². The molecule has 0 bridgehead atoms. The average molecular weight is 787 g/mol. The molecule has 0 radical (unpaired) electrons. The average Bonchev–Trinajstić information content (AvgIpc) is 3.90. The minimum absolute atomic E-state index is 0.183. The summed E-state index contributed by atoms with van der Waals surface area (Å²) in [4.78, 5) is 62.6. The van der Waals surface area contributed by atoms with E-state index >= 15 is 0 Å². The van der Waals surface area contributed by atoms with Gasteiger partial charge in [-0.05, 0) is 91.9 Å². The lowest BCUT2D eigenvalue weighted by Crippen LogP contribution is -2.61. The summed E-state index contributed by atoms with van der Waals surface area (Å²) in [6.45, 7) is 15.6. The van der Waals surface area contributed by atoms with Crippen LogP contribution in [-0.4, -0.2) is 180 Å². The number of carbonyl (C=O) groups excluding carboxylic acids is 4. The van der Waals surface area contributed by atoms with Crippen molar-refractivity contribution < 1.29 is 38.1 Å². The molecule has 2 saturated carbocycles. The standard InChI is InChI=1S/C22H37N3O4.C20H33N3O4/c1-22(2,3)29-21(27)24-13-10-17(14-24)23-11-8-16(9-12-23)25-18-6-4-5-7-19(18)28-15-20(25)26;1-2-26-20(25)22-12-9-16(13-22)21-10-7-15(8-11-21)23-17-5-3-4-6-18(17)27-14-19(23)24/h16-19H,4-15H2,1-3H3;15-18H,2-14H2,1H3/t17-,18-,19-;16-,17-,18-/m00/s1. The number of amides is 4. The zero-order valence-electron chi connectivity index (χ0n) is 34.7. The Balaban J connectivity index is 0.000000172. The van der Waals surface area contributed by atoms with Gasteiger partial charge < -0.3 is 38.5 Å². The lowest BCUT2D eigenvalue weighted by atomic mass is 9.87. The number of carbonyl (C=O) groups is 4. The van der Waals surface area contributed by atoms with Crippen molar-refractivity contribution in [2.45, 2.75) is 172 Å². The molecular weight excluding hydrogens is 716 g/mol. The molecule has 4 amide bonds. The summed E-state index contributed by atoms with van der Waals surface area (Å²) in [5, 5.41) is 0. The number of fused-ring (bicyclic) bond motifs is 2. The third kappa shape index (κ3) is 9.77. The first-order valence-electron chi connectivity index (χ1n) is 22.2. The van der Waals surface area contributed by atoms with Crippen LogP contribution >= 0.6 is 0 Å². The Morgan fingerprint density at radius 3 is 1.43 bits per heavy atom. The van der Waals surface area contributed by atoms with Crippen molar-refractivity contribution in [2.75, 3.05) is 72.2 Å². The molecule has 6 heterocycles. The van der Waals surface area contributed by atoms with Gasteiger partial charge in [-0.25, -0.2) is 9.59 Å². The summed E-state index contributed by atoms with van der Waals surface area (Å²) in [6.07, 6.45) is 15.5. The molecule has 0 spiro atoms. The zero-order valence-corrected chi connectivity index (χ0v) is 34.7. The third-order valence-corrected chi connectivity index (χ3v) is 13.8. The van der Waals surface area contributed by atoms with Crippen LogP contribution in [0.2, 0.25) is 0 Å².